The van der Waals surface area contributed by atoms with Crippen molar-refractivity contribution in [1.82, 2.24) is 10.2 Å². The van der Waals surface area contributed by atoms with E-state index in [1.165, 1.54) is 11.8 Å². The predicted octanol–water partition coefficient (Wildman–Crippen LogP) is 3.02. The molecule has 88 valence electrons. The van der Waals surface area contributed by atoms with Crippen LogP contribution in [0.3, 0.4) is 0 Å². The fourth-order valence-electron chi connectivity index (χ4n) is 1.20. The molecule has 17 heavy (non-hydrogen) atoms. The molecule has 2 aromatic rings. The smallest absolute Gasteiger partial charge is 0.276 e. The summed E-state index contributed by atoms with van der Waals surface area (Å²) < 4.78 is 6.61. The van der Waals surface area contributed by atoms with Gasteiger partial charge in [-0.3, -0.25) is 0 Å². The van der Waals surface area contributed by atoms with Gasteiger partial charge >= 0.3 is 0 Å². The summed E-state index contributed by atoms with van der Waals surface area (Å²) in [5.74, 6) is 1.18. The third-order valence-corrected chi connectivity index (χ3v) is 3.46. The molecule has 0 aliphatic heterocycles. The number of carbonyl (C=O) groups excluding carboxylic acids is 1. The lowest BCUT2D eigenvalue weighted by Gasteiger charge is -1.94. The summed E-state index contributed by atoms with van der Waals surface area (Å²) in [5, 5.41) is 8.40. The van der Waals surface area contributed by atoms with E-state index in [1.54, 1.807) is 0 Å². The third kappa shape index (κ3) is 3.53. The van der Waals surface area contributed by atoms with Crippen LogP contribution < -0.4 is 0 Å². The van der Waals surface area contributed by atoms with Crippen LogP contribution in [-0.2, 0) is 4.79 Å². The third-order valence-electron chi connectivity index (χ3n) is 1.94. The number of rotatable bonds is 5. The molecule has 1 aromatic heterocycles. The number of benzene rings is 1. The van der Waals surface area contributed by atoms with Gasteiger partial charge in [-0.25, -0.2) is 0 Å². The Morgan fingerprint density at radius 3 is 3.06 bits per heavy atom. The average Bonchev–Trinajstić information content (AvgIpc) is 2.78. The van der Waals surface area contributed by atoms with E-state index >= 15 is 0 Å². The van der Waals surface area contributed by atoms with Crippen LogP contribution in [0.4, 0.5) is 0 Å². The Labute approximate surface area is 116 Å². The largest absolute Gasteiger partial charge is 0.411 e. The lowest BCUT2D eigenvalue weighted by Crippen LogP contribution is -1.80. The second-order valence-electron chi connectivity index (χ2n) is 3.19. The maximum Gasteiger partial charge on any atom is 0.276 e. The van der Waals surface area contributed by atoms with Crippen LogP contribution in [0.25, 0.3) is 11.5 Å². The van der Waals surface area contributed by atoms with Crippen LogP contribution >= 0.6 is 34.4 Å². The van der Waals surface area contributed by atoms with E-state index in [2.05, 4.69) is 32.8 Å². The Balaban J connectivity index is 2.10. The van der Waals surface area contributed by atoms with E-state index in [9.17, 15) is 4.79 Å². The molecule has 0 aliphatic rings. The summed E-state index contributed by atoms with van der Waals surface area (Å²) in [7, 11) is 0. The lowest BCUT2D eigenvalue weighted by atomic mass is 10.2. The average molecular weight is 360 g/mol. The molecular formula is C11H9IN2O2S. The zero-order chi connectivity index (χ0) is 12.1. The number of aromatic nitrogens is 2. The minimum Gasteiger partial charge on any atom is -0.411 e. The van der Waals surface area contributed by atoms with Crippen molar-refractivity contribution in [2.45, 2.75) is 11.6 Å². The zero-order valence-corrected chi connectivity index (χ0v) is 11.8. The van der Waals surface area contributed by atoms with Crippen molar-refractivity contribution in [3.05, 3.63) is 27.8 Å². The van der Waals surface area contributed by atoms with E-state index in [-0.39, 0.29) is 0 Å². The molecule has 0 amide bonds. The summed E-state index contributed by atoms with van der Waals surface area (Å²) in [6.07, 6.45) is 1.37. The monoisotopic (exact) mass is 360 g/mol. The van der Waals surface area contributed by atoms with Crippen LogP contribution in [0.15, 0.2) is 33.9 Å². The SMILES string of the molecule is O=CCCSc1nnc(-c2cccc(I)c2)o1. The first kappa shape index (κ1) is 12.6. The molecule has 0 N–H and O–H groups in total. The van der Waals surface area contributed by atoms with Crippen LogP contribution in [-0.4, -0.2) is 22.2 Å². The van der Waals surface area contributed by atoms with Crippen molar-refractivity contribution < 1.29 is 9.21 Å². The number of thioether (sulfide) groups is 1. The van der Waals surface area contributed by atoms with Crippen molar-refractivity contribution in [2.75, 3.05) is 5.75 Å². The predicted molar refractivity (Wildman–Crippen MR) is 73.9 cm³/mol. The Morgan fingerprint density at radius 2 is 2.29 bits per heavy atom. The van der Waals surface area contributed by atoms with E-state index in [0.717, 1.165) is 15.4 Å². The number of nitrogens with zero attached hydrogens (tertiary/aromatic N) is 2. The summed E-state index contributed by atoms with van der Waals surface area (Å²) in [5.41, 5.74) is 0.909. The number of carbonyl (C=O) groups is 1. The van der Waals surface area contributed by atoms with Gasteiger partial charge in [0.1, 0.15) is 6.29 Å². The Kier molecular flexibility index (Phi) is 4.55. The minimum absolute atomic E-state index is 0.492. The molecule has 6 heteroatoms. The summed E-state index contributed by atoms with van der Waals surface area (Å²) >= 11 is 3.62. The van der Waals surface area contributed by atoms with Gasteiger partial charge in [0.25, 0.3) is 5.22 Å². The Bertz CT molecular complexity index is 516. The summed E-state index contributed by atoms with van der Waals surface area (Å²) in [6.45, 7) is 0. The molecule has 2 rings (SSSR count). The molecule has 0 radical (unpaired) electrons. The molecule has 0 fully saturated rings. The van der Waals surface area contributed by atoms with Gasteiger partial charge in [-0.1, -0.05) is 17.8 Å². The molecule has 1 heterocycles. The van der Waals surface area contributed by atoms with Gasteiger partial charge in [0.05, 0.1) is 0 Å². The van der Waals surface area contributed by atoms with Gasteiger partial charge in [0.15, 0.2) is 0 Å². The highest BCUT2D eigenvalue weighted by molar-refractivity contribution is 14.1. The maximum atomic E-state index is 10.2. The Morgan fingerprint density at radius 1 is 1.41 bits per heavy atom. The molecule has 0 aliphatic carbocycles. The highest BCUT2D eigenvalue weighted by atomic mass is 127. The minimum atomic E-state index is 0.492. The fourth-order valence-corrected chi connectivity index (χ4v) is 2.37. The highest BCUT2D eigenvalue weighted by Crippen LogP contribution is 2.24. The van der Waals surface area contributed by atoms with Gasteiger partial charge in [0, 0.05) is 21.3 Å². The second kappa shape index (κ2) is 6.15. The second-order valence-corrected chi connectivity index (χ2v) is 5.48. The quantitative estimate of drug-likeness (QED) is 0.355. The normalized spacial score (nSPS) is 10.4. The van der Waals surface area contributed by atoms with Crippen LogP contribution in [0, 0.1) is 3.57 Å². The number of hydrogen-bond donors (Lipinski definition) is 0. The number of aldehydes is 1. The first-order valence-corrected chi connectivity index (χ1v) is 7.02. The maximum absolute atomic E-state index is 10.2. The van der Waals surface area contributed by atoms with Crippen molar-refractivity contribution in [2.24, 2.45) is 0 Å². The first-order chi connectivity index (χ1) is 8.29. The van der Waals surface area contributed by atoms with E-state index in [0.29, 0.717) is 23.3 Å². The van der Waals surface area contributed by atoms with Gasteiger partial charge < -0.3 is 9.21 Å². The number of halogens is 1. The summed E-state index contributed by atoms with van der Waals surface area (Å²) in [4.78, 5) is 10.2. The van der Waals surface area contributed by atoms with E-state index < -0.39 is 0 Å². The van der Waals surface area contributed by atoms with Crippen LogP contribution in [0.5, 0.6) is 0 Å². The van der Waals surface area contributed by atoms with Crippen LogP contribution in [0.2, 0.25) is 0 Å². The molecule has 0 bridgehead atoms. The number of hydrogen-bond acceptors (Lipinski definition) is 5. The van der Waals surface area contributed by atoms with Gasteiger partial charge in [-0.2, -0.15) is 0 Å². The molecule has 0 spiro atoms. The molecule has 1 aromatic carbocycles. The fraction of sp³-hybridized carbons (Fsp3) is 0.182. The molecule has 0 saturated carbocycles. The van der Waals surface area contributed by atoms with E-state index in [1.807, 2.05) is 24.3 Å². The van der Waals surface area contributed by atoms with Gasteiger partial charge in [0.2, 0.25) is 5.89 Å². The van der Waals surface area contributed by atoms with Crippen molar-refractivity contribution >= 4 is 40.6 Å². The molecular weight excluding hydrogens is 351 g/mol. The van der Waals surface area contributed by atoms with Crippen molar-refractivity contribution in [3.63, 3.8) is 0 Å². The molecule has 4 nitrogen and oxygen atoms in total. The molecule has 0 atom stereocenters. The lowest BCUT2D eigenvalue weighted by molar-refractivity contribution is -0.107. The standard InChI is InChI=1S/C11H9IN2O2S/c12-9-4-1-3-8(7-9)10-13-14-11(16-10)17-6-2-5-15/h1,3-5,7H,2,6H2. The Hall–Kier alpha value is -0.890. The van der Waals surface area contributed by atoms with Crippen LogP contribution in [0.1, 0.15) is 6.42 Å². The van der Waals surface area contributed by atoms with Gasteiger partial charge in [-0.15, -0.1) is 10.2 Å². The van der Waals surface area contributed by atoms with Gasteiger partial charge in [-0.05, 0) is 40.8 Å². The topological polar surface area (TPSA) is 56.0 Å². The first-order valence-electron chi connectivity index (χ1n) is 4.95. The van der Waals surface area contributed by atoms with E-state index in [4.69, 9.17) is 4.42 Å². The zero-order valence-electron chi connectivity index (χ0n) is 8.80. The molecule has 0 unspecified atom stereocenters. The molecule has 0 saturated heterocycles. The van der Waals surface area contributed by atoms with Crippen molar-refractivity contribution in [1.29, 1.82) is 0 Å². The summed E-state index contributed by atoms with van der Waals surface area (Å²) in [6, 6.07) is 7.85. The van der Waals surface area contributed by atoms with Crippen molar-refractivity contribution in [3.8, 4) is 11.5 Å². The highest BCUT2D eigenvalue weighted by Gasteiger charge is 2.08.